The van der Waals surface area contributed by atoms with Crippen molar-refractivity contribution in [2.45, 2.75) is 41.5 Å². The minimum Gasteiger partial charge on any atom is -0.550 e. The number of hydrogen-bond donors (Lipinski definition) is 0. The van der Waals surface area contributed by atoms with Gasteiger partial charge in [0, 0.05) is 35.8 Å². The topological polar surface area (TPSA) is 241 Å². The number of carbonyl (C=O) groups is 6. The van der Waals surface area contributed by atoms with Crippen molar-refractivity contribution in [1.29, 1.82) is 0 Å². The van der Waals surface area contributed by atoms with Crippen molar-refractivity contribution in [1.82, 2.24) is 0 Å². The Balaban J connectivity index is -0.000000122. The van der Waals surface area contributed by atoms with Gasteiger partial charge in [0.15, 0.2) is 0 Å². The first-order valence-electron chi connectivity index (χ1n) is 11.9. The summed E-state index contributed by atoms with van der Waals surface area (Å²) in [6.07, 6.45) is 0. The molecular formula is C31H33O12PPd. The Morgan fingerprint density at radius 2 is 0.489 bits per heavy atom. The van der Waals surface area contributed by atoms with Gasteiger partial charge in [0.2, 0.25) is 0 Å². The third-order valence-corrected chi connectivity index (χ3v) is 5.49. The molecule has 0 saturated heterocycles. The Hall–Kier alpha value is -4.43. The van der Waals surface area contributed by atoms with Gasteiger partial charge in [-0.1, -0.05) is 91.0 Å². The molecule has 3 aromatic carbocycles. The van der Waals surface area contributed by atoms with Gasteiger partial charge in [-0.05, 0) is 65.4 Å². The van der Waals surface area contributed by atoms with E-state index in [1.807, 2.05) is 0 Å². The third kappa shape index (κ3) is 56.0. The van der Waals surface area contributed by atoms with Crippen LogP contribution in [0.4, 0.5) is 0 Å². The molecule has 0 saturated carbocycles. The van der Waals surface area contributed by atoms with E-state index in [4.69, 9.17) is 59.4 Å². The molecule has 0 spiro atoms. The zero-order valence-corrected chi connectivity index (χ0v) is 27.8. The van der Waals surface area contributed by atoms with Crippen LogP contribution in [0.25, 0.3) is 0 Å². The Bertz CT molecular complexity index is 982. The van der Waals surface area contributed by atoms with E-state index in [2.05, 4.69) is 91.0 Å². The molecule has 12 nitrogen and oxygen atoms in total. The van der Waals surface area contributed by atoms with Gasteiger partial charge < -0.3 is 59.4 Å². The van der Waals surface area contributed by atoms with E-state index >= 15 is 0 Å². The van der Waals surface area contributed by atoms with Crippen LogP contribution < -0.4 is 46.6 Å². The number of rotatable bonds is 3. The molecule has 244 valence electrons. The van der Waals surface area contributed by atoms with Gasteiger partial charge >= 0.3 is 27.8 Å². The maximum absolute atomic E-state index is 8.89. The van der Waals surface area contributed by atoms with Gasteiger partial charge in [0.25, 0.3) is 0 Å². The van der Waals surface area contributed by atoms with Crippen molar-refractivity contribution < 1.29 is 79.8 Å². The van der Waals surface area contributed by atoms with Gasteiger partial charge in [-0.15, -0.1) is 0 Å². The van der Waals surface area contributed by atoms with Gasteiger partial charge in [0.05, 0.1) is 0 Å². The van der Waals surface area contributed by atoms with Crippen LogP contribution >= 0.6 is 7.92 Å². The molecule has 0 amide bonds. The monoisotopic (exact) mass is 734 g/mol. The Morgan fingerprint density at radius 3 is 0.600 bits per heavy atom. The molecule has 0 fully saturated rings. The number of carbonyl (C=O) groups excluding carboxylic acids is 6. The first-order chi connectivity index (χ1) is 19.8. The predicted octanol–water partition coefficient (Wildman–Crippen LogP) is -3.94. The fourth-order valence-corrected chi connectivity index (χ4v) is 4.48. The second kappa shape index (κ2) is 35.8. The van der Waals surface area contributed by atoms with Crippen LogP contribution in [0.1, 0.15) is 41.5 Å². The van der Waals surface area contributed by atoms with Gasteiger partial charge in [-0.25, -0.2) is 0 Å². The van der Waals surface area contributed by atoms with Crippen molar-refractivity contribution >= 4 is 59.7 Å². The molecule has 0 aliphatic heterocycles. The van der Waals surface area contributed by atoms with Crippen LogP contribution in [0.5, 0.6) is 0 Å². The number of carboxylic acids is 6. The summed E-state index contributed by atoms with van der Waals surface area (Å²) in [5.74, 6) is -6.50. The molecule has 0 heterocycles. The third-order valence-electron chi connectivity index (χ3n) is 3.04. The van der Waals surface area contributed by atoms with Crippen molar-refractivity contribution in [2.24, 2.45) is 0 Å². The molecule has 0 N–H and O–H groups in total. The van der Waals surface area contributed by atoms with E-state index in [0.717, 1.165) is 41.5 Å². The molecule has 0 aliphatic rings. The van der Waals surface area contributed by atoms with E-state index in [0.29, 0.717) is 0 Å². The minimum absolute atomic E-state index is 0. The second-order valence-corrected chi connectivity index (χ2v) is 9.51. The zero-order chi connectivity index (χ0) is 34.4. The standard InChI is InChI=1S/C18H15P.6C2H4O2.C.Pd/c1-4-10-16(11-5-1)19(17-12-6-2-7-13-17)18-14-8-3-9-15-18;6*1-2(3)4;;/h1-15H;6*1H3,(H,3,4);;/q;;;;;;;+4;+2/p-6. The summed E-state index contributed by atoms with van der Waals surface area (Å²) in [5, 5.41) is 57.5. The zero-order valence-electron chi connectivity index (χ0n) is 25.3. The van der Waals surface area contributed by atoms with Crippen LogP contribution in [0.3, 0.4) is 0 Å². The van der Waals surface area contributed by atoms with Crippen LogP contribution in [-0.4, -0.2) is 35.8 Å². The maximum Gasteiger partial charge on any atom is 4.00 e. The van der Waals surface area contributed by atoms with E-state index in [1.54, 1.807) is 0 Å². The summed E-state index contributed by atoms with van der Waals surface area (Å²) in [7, 11) is -0.446. The Labute approximate surface area is 278 Å². The summed E-state index contributed by atoms with van der Waals surface area (Å²) >= 11 is 0. The van der Waals surface area contributed by atoms with E-state index in [-0.39, 0.29) is 27.8 Å². The van der Waals surface area contributed by atoms with E-state index < -0.39 is 43.7 Å². The molecular weight excluding hydrogens is 702 g/mol. The first kappa shape index (κ1) is 53.2. The molecule has 0 radical (unpaired) electrons. The minimum atomic E-state index is -1.08. The smallest absolute Gasteiger partial charge is 0.550 e. The van der Waals surface area contributed by atoms with Crippen molar-refractivity contribution in [3.05, 3.63) is 98.4 Å². The van der Waals surface area contributed by atoms with Crippen LogP contribution in [0.2, 0.25) is 0 Å². The van der Waals surface area contributed by atoms with E-state index in [9.17, 15) is 0 Å². The van der Waals surface area contributed by atoms with Gasteiger partial charge in [-0.3, -0.25) is 0 Å². The predicted molar refractivity (Wildman–Crippen MR) is 152 cm³/mol. The molecule has 0 aliphatic carbocycles. The molecule has 0 atom stereocenters. The van der Waals surface area contributed by atoms with Crippen molar-refractivity contribution in [2.75, 3.05) is 0 Å². The number of hydrogen-bond acceptors (Lipinski definition) is 12. The molecule has 0 unspecified atom stereocenters. The van der Waals surface area contributed by atoms with Gasteiger partial charge in [0.1, 0.15) is 0 Å². The number of aliphatic carboxylic acids is 6. The summed E-state index contributed by atoms with van der Waals surface area (Å²) in [6, 6.07) is 32.3. The van der Waals surface area contributed by atoms with Crippen LogP contribution in [0, 0.1) is 7.43 Å². The first-order valence-corrected chi connectivity index (χ1v) is 13.2. The molecule has 45 heavy (non-hydrogen) atoms. The fraction of sp³-hybridized carbons (Fsp3) is 0.194. The van der Waals surface area contributed by atoms with Crippen LogP contribution in [-0.2, 0) is 49.2 Å². The fourth-order valence-electron chi connectivity index (χ4n) is 2.18. The summed E-state index contributed by atoms with van der Waals surface area (Å²) < 4.78 is 0. The molecule has 0 bridgehead atoms. The normalized spacial score (nSPS) is 7.80. The van der Waals surface area contributed by atoms with Gasteiger partial charge in [-0.2, -0.15) is 0 Å². The SMILES string of the molecule is CC(=O)[O-].CC(=O)[O-].CC(=O)[O-].CC(=O)[O-].CC(=O)[O-].CC(=O)[O-].[C+4].[Pd+2].c1ccc(P(c2ccccc2)c2ccccc2)cc1. The molecule has 3 rings (SSSR count). The van der Waals surface area contributed by atoms with Crippen molar-refractivity contribution in [3.8, 4) is 0 Å². The summed E-state index contributed by atoms with van der Waals surface area (Å²) in [4.78, 5) is 53.3. The van der Waals surface area contributed by atoms with Crippen molar-refractivity contribution in [3.63, 3.8) is 0 Å². The Kier molecular flexibility index (Phi) is 42.3. The number of carboxylic acid groups (broad SMARTS) is 6. The largest absolute Gasteiger partial charge is 4.00 e. The average molecular weight is 735 g/mol. The maximum atomic E-state index is 8.89. The summed E-state index contributed by atoms with van der Waals surface area (Å²) in [5.41, 5.74) is 0. The van der Waals surface area contributed by atoms with E-state index in [1.165, 1.54) is 15.9 Å². The second-order valence-electron chi connectivity index (χ2n) is 7.29. The average Bonchev–Trinajstić information content (AvgIpc) is 2.84. The molecule has 3 aromatic rings. The molecule has 0 aromatic heterocycles. The summed E-state index contributed by atoms with van der Waals surface area (Å²) in [6.45, 7) is 5.83. The Morgan fingerprint density at radius 1 is 0.378 bits per heavy atom. The molecule has 14 heteroatoms. The quantitative estimate of drug-likeness (QED) is 0.185. The van der Waals surface area contributed by atoms with Crippen LogP contribution in [0.15, 0.2) is 91.0 Å². The number of benzene rings is 3.